The van der Waals surface area contributed by atoms with Crippen molar-refractivity contribution in [2.24, 2.45) is 0 Å². The molecule has 4 heteroatoms. The fraction of sp³-hybridized carbons (Fsp3) is 0.133. The summed E-state index contributed by atoms with van der Waals surface area (Å²) in [6.45, 7) is 1.86. The Balaban J connectivity index is 2.28. The third kappa shape index (κ3) is 3.21. The van der Waals surface area contributed by atoms with Gasteiger partial charge in [-0.3, -0.25) is 0 Å². The molecule has 0 amide bonds. The highest BCUT2D eigenvalue weighted by Crippen LogP contribution is 2.17. The van der Waals surface area contributed by atoms with Crippen LogP contribution in [0.4, 0.5) is 0 Å². The predicted octanol–water partition coefficient (Wildman–Crippen LogP) is 2.84. The number of nitrogens with zero attached hydrogens (tertiary/aromatic N) is 1. The molecule has 0 aromatic heterocycles. The van der Waals surface area contributed by atoms with E-state index in [9.17, 15) is 8.42 Å². The molecule has 0 fully saturated rings. The van der Waals surface area contributed by atoms with E-state index in [-0.39, 0.29) is 5.75 Å². The molecule has 0 unspecified atom stereocenters. The largest absolute Gasteiger partial charge is 0.223 e. The Morgan fingerprint density at radius 2 is 1.79 bits per heavy atom. The van der Waals surface area contributed by atoms with Crippen molar-refractivity contribution >= 4 is 9.84 Å². The number of benzene rings is 2. The zero-order valence-corrected chi connectivity index (χ0v) is 11.3. The van der Waals surface area contributed by atoms with E-state index in [1.54, 1.807) is 42.5 Å². The second-order valence-electron chi connectivity index (χ2n) is 4.38. The molecule has 0 atom stereocenters. The van der Waals surface area contributed by atoms with Gasteiger partial charge in [0.1, 0.15) is 0 Å². The molecule has 0 saturated carbocycles. The lowest BCUT2D eigenvalue weighted by Gasteiger charge is -2.05. The van der Waals surface area contributed by atoms with Gasteiger partial charge in [0.05, 0.1) is 22.3 Å². The summed E-state index contributed by atoms with van der Waals surface area (Å²) in [5, 5.41) is 8.70. The molecule has 96 valence electrons. The summed E-state index contributed by atoms with van der Waals surface area (Å²) in [5.41, 5.74) is 2.12. The topological polar surface area (TPSA) is 57.9 Å². The molecule has 2 rings (SSSR count). The van der Waals surface area contributed by atoms with Crippen molar-refractivity contribution in [1.29, 1.82) is 5.26 Å². The lowest BCUT2D eigenvalue weighted by molar-refractivity contribution is 0.595. The van der Waals surface area contributed by atoms with Crippen molar-refractivity contribution in [2.75, 3.05) is 0 Å². The maximum absolute atomic E-state index is 12.2. The second-order valence-corrected chi connectivity index (χ2v) is 6.37. The van der Waals surface area contributed by atoms with Gasteiger partial charge in [0, 0.05) is 0 Å². The molecule has 0 aliphatic carbocycles. The molecule has 0 radical (unpaired) electrons. The van der Waals surface area contributed by atoms with Gasteiger partial charge in [0.2, 0.25) is 0 Å². The molecule has 2 aromatic rings. The van der Waals surface area contributed by atoms with Crippen LogP contribution in [0.25, 0.3) is 0 Å². The summed E-state index contributed by atoms with van der Waals surface area (Å²) < 4.78 is 24.5. The molecular formula is C15H13NO2S. The quantitative estimate of drug-likeness (QED) is 0.862. The molecule has 0 saturated heterocycles. The van der Waals surface area contributed by atoms with E-state index in [1.165, 1.54) is 0 Å². The van der Waals surface area contributed by atoms with E-state index in [0.29, 0.717) is 16.0 Å². The first kappa shape index (κ1) is 13.3. The Kier molecular flexibility index (Phi) is 3.68. The predicted molar refractivity (Wildman–Crippen MR) is 73.2 cm³/mol. The minimum absolute atomic E-state index is 0.0534. The van der Waals surface area contributed by atoms with Crippen molar-refractivity contribution in [3.8, 4) is 6.07 Å². The number of sulfone groups is 1. The van der Waals surface area contributed by atoms with Gasteiger partial charge in [-0.25, -0.2) is 8.42 Å². The molecule has 0 spiro atoms. The number of nitriles is 1. The van der Waals surface area contributed by atoms with E-state index in [4.69, 9.17) is 5.26 Å². The zero-order valence-electron chi connectivity index (χ0n) is 10.5. The van der Waals surface area contributed by atoms with Crippen molar-refractivity contribution in [3.05, 3.63) is 65.2 Å². The van der Waals surface area contributed by atoms with Gasteiger partial charge in [0.15, 0.2) is 9.84 Å². The smallest absolute Gasteiger partial charge is 0.182 e. The first-order valence-corrected chi connectivity index (χ1v) is 7.45. The van der Waals surface area contributed by atoms with Gasteiger partial charge < -0.3 is 0 Å². The summed E-state index contributed by atoms with van der Waals surface area (Å²) >= 11 is 0. The molecule has 0 N–H and O–H groups in total. The van der Waals surface area contributed by atoms with Crippen LogP contribution in [0.3, 0.4) is 0 Å². The van der Waals surface area contributed by atoms with Gasteiger partial charge in [-0.1, -0.05) is 24.3 Å². The van der Waals surface area contributed by atoms with Gasteiger partial charge in [-0.2, -0.15) is 5.26 Å². The van der Waals surface area contributed by atoms with Crippen LogP contribution in [-0.4, -0.2) is 8.42 Å². The molecule has 0 bridgehead atoms. The fourth-order valence-electron chi connectivity index (χ4n) is 1.79. The van der Waals surface area contributed by atoms with Crippen LogP contribution in [-0.2, 0) is 15.6 Å². The molecule has 2 aromatic carbocycles. The summed E-state index contributed by atoms with van der Waals surface area (Å²) in [6.07, 6.45) is 0. The summed E-state index contributed by atoms with van der Waals surface area (Å²) in [4.78, 5) is 0.330. The summed E-state index contributed by atoms with van der Waals surface area (Å²) in [7, 11) is -3.34. The minimum atomic E-state index is -3.34. The molecule has 19 heavy (non-hydrogen) atoms. The van der Waals surface area contributed by atoms with Crippen molar-refractivity contribution in [1.82, 2.24) is 0 Å². The SMILES string of the molecule is Cc1cccc(S(=O)(=O)Cc2ccc(C#N)cc2)c1. The number of rotatable bonds is 3. The van der Waals surface area contributed by atoms with Crippen LogP contribution in [0.5, 0.6) is 0 Å². The average molecular weight is 271 g/mol. The summed E-state index contributed by atoms with van der Waals surface area (Å²) in [5.74, 6) is -0.0534. The maximum atomic E-state index is 12.2. The normalized spacial score (nSPS) is 10.9. The fourth-order valence-corrected chi connectivity index (χ4v) is 3.24. The van der Waals surface area contributed by atoms with Gasteiger partial charge >= 0.3 is 0 Å². The third-order valence-electron chi connectivity index (χ3n) is 2.79. The van der Waals surface area contributed by atoms with Crippen molar-refractivity contribution in [3.63, 3.8) is 0 Å². The van der Waals surface area contributed by atoms with Crippen LogP contribution in [0.1, 0.15) is 16.7 Å². The Hall–Kier alpha value is -2.12. The van der Waals surface area contributed by atoms with Crippen LogP contribution in [0.2, 0.25) is 0 Å². The zero-order chi connectivity index (χ0) is 13.9. The number of hydrogen-bond acceptors (Lipinski definition) is 3. The Morgan fingerprint density at radius 1 is 1.11 bits per heavy atom. The van der Waals surface area contributed by atoms with Gasteiger partial charge in [0.25, 0.3) is 0 Å². The molecule has 0 aliphatic heterocycles. The number of aryl methyl sites for hydroxylation is 1. The first-order valence-electron chi connectivity index (χ1n) is 5.80. The highest BCUT2D eigenvalue weighted by molar-refractivity contribution is 7.90. The Morgan fingerprint density at radius 3 is 2.37 bits per heavy atom. The van der Waals surface area contributed by atoms with E-state index in [2.05, 4.69) is 0 Å². The van der Waals surface area contributed by atoms with Gasteiger partial charge in [-0.15, -0.1) is 0 Å². The minimum Gasteiger partial charge on any atom is -0.223 e. The van der Waals surface area contributed by atoms with E-state index < -0.39 is 9.84 Å². The lowest BCUT2D eigenvalue weighted by atomic mass is 10.2. The van der Waals surface area contributed by atoms with Crippen LogP contribution >= 0.6 is 0 Å². The average Bonchev–Trinajstić information content (AvgIpc) is 2.39. The maximum Gasteiger partial charge on any atom is 0.182 e. The lowest BCUT2D eigenvalue weighted by Crippen LogP contribution is -2.05. The monoisotopic (exact) mass is 271 g/mol. The standard InChI is InChI=1S/C15H13NO2S/c1-12-3-2-4-15(9-12)19(17,18)11-14-7-5-13(10-16)6-8-14/h2-9H,11H2,1H3. The van der Waals surface area contributed by atoms with Crippen LogP contribution in [0.15, 0.2) is 53.4 Å². The Bertz CT molecular complexity index is 725. The van der Waals surface area contributed by atoms with Crippen molar-refractivity contribution in [2.45, 2.75) is 17.6 Å². The second kappa shape index (κ2) is 5.25. The highest BCUT2D eigenvalue weighted by atomic mass is 32.2. The van der Waals surface area contributed by atoms with E-state index in [1.807, 2.05) is 19.1 Å². The van der Waals surface area contributed by atoms with Crippen molar-refractivity contribution < 1.29 is 8.42 Å². The molecule has 3 nitrogen and oxygen atoms in total. The van der Waals surface area contributed by atoms with E-state index in [0.717, 1.165) is 5.56 Å². The van der Waals surface area contributed by atoms with Crippen LogP contribution < -0.4 is 0 Å². The molecular weight excluding hydrogens is 258 g/mol. The van der Waals surface area contributed by atoms with Crippen LogP contribution in [0, 0.1) is 18.3 Å². The Labute approximate surface area is 113 Å². The van der Waals surface area contributed by atoms with E-state index >= 15 is 0 Å². The summed E-state index contributed by atoms with van der Waals surface area (Å²) in [6, 6.07) is 15.5. The van der Waals surface area contributed by atoms with Gasteiger partial charge in [-0.05, 0) is 42.3 Å². The molecule has 0 heterocycles. The first-order chi connectivity index (χ1) is 9.01. The molecule has 0 aliphatic rings. The number of hydrogen-bond donors (Lipinski definition) is 0. The third-order valence-corrected chi connectivity index (χ3v) is 4.47. The highest BCUT2D eigenvalue weighted by Gasteiger charge is 2.15.